The van der Waals surface area contributed by atoms with Crippen LogP contribution < -0.4 is 0 Å². The average Bonchev–Trinajstić information content (AvgIpc) is 2.47. The van der Waals surface area contributed by atoms with Crippen LogP contribution in [0.5, 0.6) is 0 Å². The first kappa shape index (κ1) is 16.7. The zero-order valence-electron chi connectivity index (χ0n) is 13.6. The van der Waals surface area contributed by atoms with Gasteiger partial charge in [-0.3, -0.25) is 4.90 Å². The Balaban J connectivity index is 1.97. The molecule has 1 saturated carbocycles. The molecule has 0 aromatic carbocycles. The quantitative estimate of drug-likeness (QED) is 0.846. The summed E-state index contributed by atoms with van der Waals surface area (Å²) in [4.78, 5) is 2.25. The lowest BCUT2D eigenvalue weighted by atomic mass is 9.76. The van der Waals surface area contributed by atoms with Crippen molar-refractivity contribution in [1.82, 2.24) is 4.90 Å². The lowest BCUT2D eigenvalue weighted by molar-refractivity contribution is -0.0858. The molecule has 4 heteroatoms. The first-order chi connectivity index (χ1) is 10.1. The number of nitriles is 1. The summed E-state index contributed by atoms with van der Waals surface area (Å²) in [5.41, 5.74) is -0.634. The van der Waals surface area contributed by atoms with E-state index in [9.17, 15) is 10.4 Å². The Labute approximate surface area is 129 Å². The fourth-order valence-electron chi connectivity index (χ4n) is 4.03. The van der Waals surface area contributed by atoms with Crippen molar-refractivity contribution in [1.29, 1.82) is 5.26 Å². The van der Waals surface area contributed by atoms with Gasteiger partial charge in [-0.2, -0.15) is 5.26 Å². The molecule has 3 atom stereocenters. The van der Waals surface area contributed by atoms with Gasteiger partial charge in [0, 0.05) is 38.6 Å². The van der Waals surface area contributed by atoms with E-state index in [1.165, 1.54) is 19.3 Å². The molecule has 0 amide bonds. The van der Waals surface area contributed by atoms with E-state index in [4.69, 9.17) is 4.74 Å². The van der Waals surface area contributed by atoms with Crippen LogP contribution in [0, 0.1) is 23.2 Å². The second-order valence-corrected chi connectivity index (χ2v) is 7.02. The number of aliphatic hydroxyl groups is 1. The normalized spacial score (nSPS) is 32.8. The molecule has 2 aliphatic rings. The standard InChI is InChI=1S/C17H30N2O2/c1-3-4-14-5-6-15(12-18)16(11-14)19(2)13-17(20)7-9-21-10-8-17/h14-16,20H,3-11,13H2,1-2H3. The van der Waals surface area contributed by atoms with Gasteiger partial charge in [-0.1, -0.05) is 19.8 Å². The van der Waals surface area contributed by atoms with Gasteiger partial charge in [0.25, 0.3) is 0 Å². The van der Waals surface area contributed by atoms with Crippen LogP contribution in [0.2, 0.25) is 0 Å². The number of ether oxygens (including phenoxy) is 1. The average molecular weight is 294 g/mol. The lowest BCUT2D eigenvalue weighted by Crippen LogP contribution is -2.51. The van der Waals surface area contributed by atoms with Gasteiger partial charge in [0.1, 0.15) is 0 Å². The van der Waals surface area contributed by atoms with Gasteiger partial charge in [0.15, 0.2) is 0 Å². The highest BCUT2D eigenvalue weighted by Gasteiger charge is 2.37. The minimum absolute atomic E-state index is 0.117. The molecule has 2 fully saturated rings. The number of nitrogens with zero attached hydrogens (tertiary/aromatic N) is 2. The van der Waals surface area contributed by atoms with Crippen molar-refractivity contribution in [3.8, 4) is 6.07 Å². The molecule has 0 radical (unpaired) electrons. The Morgan fingerprint density at radius 2 is 2.05 bits per heavy atom. The minimum Gasteiger partial charge on any atom is -0.388 e. The Kier molecular flexibility index (Phi) is 6.04. The maximum atomic E-state index is 10.7. The first-order valence-electron chi connectivity index (χ1n) is 8.48. The van der Waals surface area contributed by atoms with Crippen LogP contribution in [0.4, 0.5) is 0 Å². The summed E-state index contributed by atoms with van der Waals surface area (Å²) in [5, 5.41) is 20.1. The predicted molar refractivity (Wildman–Crippen MR) is 82.8 cm³/mol. The predicted octanol–water partition coefficient (Wildman–Crippen LogP) is 2.57. The molecule has 1 N–H and O–H groups in total. The van der Waals surface area contributed by atoms with E-state index in [0.717, 1.165) is 18.8 Å². The molecule has 0 bridgehead atoms. The molecule has 120 valence electrons. The van der Waals surface area contributed by atoms with E-state index >= 15 is 0 Å². The fraction of sp³-hybridized carbons (Fsp3) is 0.941. The summed E-state index contributed by atoms with van der Waals surface area (Å²) in [5.74, 6) is 0.864. The summed E-state index contributed by atoms with van der Waals surface area (Å²) in [6.45, 7) is 4.20. The summed E-state index contributed by atoms with van der Waals surface area (Å²) >= 11 is 0. The van der Waals surface area contributed by atoms with Gasteiger partial charge in [-0.15, -0.1) is 0 Å². The molecule has 21 heavy (non-hydrogen) atoms. The first-order valence-corrected chi connectivity index (χ1v) is 8.48. The van der Waals surface area contributed by atoms with Crippen molar-refractivity contribution in [2.45, 2.75) is 63.5 Å². The van der Waals surface area contributed by atoms with E-state index in [1.54, 1.807) is 0 Å². The highest BCUT2D eigenvalue weighted by atomic mass is 16.5. The van der Waals surface area contributed by atoms with Crippen molar-refractivity contribution in [2.24, 2.45) is 11.8 Å². The van der Waals surface area contributed by atoms with Crippen LogP contribution in [0.1, 0.15) is 51.9 Å². The second kappa shape index (κ2) is 7.58. The van der Waals surface area contributed by atoms with Crippen LogP contribution in [-0.2, 0) is 4.74 Å². The molecule has 0 aromatic rings. The van der Waals surface area contributed by atoms with E-state index in [2.05, 4.69) is 24.9 Å². The zero-order chi connectivity index (χ0) is 15.3. The minimum atomic E-state index is -0.634. The number of hydrogen-bond donors (Lipinski definition) is 1. The topological polar surface area (TPSA) is 56.5 Å². The monoisotopic (exact) mass is 294 g/mol. The van der Waals surface area contributed by atoms with Gasteiger partial charge >= 0.3 is 0 Å². The van der Waals surface area contributed by atoms with Gasteiger partial charge in [-0.25, -0.2) is 0 Å². The van der Waals surface area contributed by atoms with E-state index in [-0.39, 0.29) is 5.92 Å². The zero-order valence-corrected chi connectivity index (χ0v) is 13.6. The van der Waals surface area contributed by atoms with Gasteiger partial charge < -0.3 is 9.84 Å². The summed E-state index contributed by atoms with van der Waals surface area (Å²) < 4.78 is 5.35. The van der Waals surface area contributed by atoms with E-state index < -0.39 is 5.60 Å². The van der Waals surface area contributed by atoms with Crippen LogP contribution >= 0.6 is 0 Å². The van der Waals surface area contributed by atoms with E-state index in [1.807, 2.05) is 0 Å². The summed E-state index contributed by atoms with van der Waals surface area (Å²) in [6.07, 6.45) is 7.21. The van der Waals surface area contributed by atoms with Crippen molar-refractivity contribution >= 4 is 0 Å². The summed E-state index contributed by atoms with van der Waals surface area (Å²) in [6, 6.07) is 2.80. The van der Waals surface area contributed by atoms with Crippen molar-refractivity contribution < 1.29 is 9.84 Å². The molecule has 4 nitrogen and oxygen atoms in total. The Bertz CT molecular complexity index is 360. The Hall–Kier alpha value is -0.630. The van der Waals surface area contributed by atoms with Crippen molar-refractivity contribution in [2.75, 3.05) is 26.8 Å². The molecule has 1 aliphatic carbocycles. The van der Waals surface area contributed by atoms with Crippen LogP contribution in [-0.4, -0.2) is 48.5 Å². The van der Waals surface area contributed by atoms with Crippen LogP contribution in [0.15, 0.2) is 0 Å². The van der Waals surface area contributed by atoms with Gasteiger partial charge in [0.2, 0.25) is 0 Å². The second-order valence-electron chi connectivity index (χ2n) is 7.02. The number of rotatable bonds is 5. The summed E-state index contributed by atoms with van der Waals surface area (Å²) in [7, 11) is 2.08. The number of hydrogen-bond acceptors (Lipinski definition) is 4. The molecule has 1 aliphatic heterocycles. The van der Waals surface area contributed by atoms with Crippen LogP contribution in [0.25, 0.3) is 0 Å². The van der Waals surface area contributed by atoms with Gasteiger partial charge in [-0.05, 0) is 32.2 Å². The molecule has 1 heterocycles. The molecule has 3 unspecified atom stereocenters. The maximum Gasteiger partial charge on any atom is 0.0817 e. The van der Waals surface area contributed by atoms with Crippen molar-refractivity contribution in [3.05, 3.63) is 0 Å². The molecular weight excluding hydrogens is 264 g/mol. The highest BCUT2D eigenvalue weighted by molar-refractivity contribution is 4.98. The molecule has 2 rings (SSSR count). The molecular formula is C17H30N2O2. The Morgan fingerprint density at radius 3 is 2.67 bits per heavy atom. The number of likely N-dealkylation sites (N-methyl/N-ethyl adjacent to an activating group) is 1. The third-order valence-electron chi connectivity index (χ3n) is 5.32. The lowest BCUT2D eigenvalue weighted by Gasteiger charge is -2.43. The fourth-order valence-corrected chi connectivity index (χ4v) is 4.03. The molecule has 0 aromatic heterocycles. The largest absolute Gasteiger partial charge is 0.388 e. The molecule has 0 spiro atoms. The van der Waals surface area contributed by atoms with E-state index in [0.29, 0.717) is 38.6 Å². The third kappa shape index (κ3) is 4.42. The molecule has 1 saturated heterocycles. The third-order valence-corrected chi connectivity index (χ3v) is 5.32. The highest BCUT2D eigenvalue weighted by Crippen LogP contribution is 2.35. The van der Waals surface area contributed by atoms with Gasteiger partial charge in [0.05, 0.1) is 17.6 Å². The smallest absolute Gasteiger partial charge is 0.0817 e. The van der Waals surface area contributed by atoms with Crippen LogP contribution in [0.3, 0.4) is 0 Å². The SMILES string of the molecule is CCCC1CCC(C#N)C(N(C)CC2(O)CCOCC2)C1. The van der Waals surface area contributed by atoms with Crippen molar-refractivity contribution in [3.63, 3.8) is 0 Å². The Morgan fingerprint density at radius 1 is 1.33 bits per heavy atom. The maximum absolute atomic E-state index is 10.7.